The number of hydrogen-bond acceptors (Lipinski definition) is 9. The minimum absolute atomic E-state index is 0.0451. The average molecular weight is 646 g/mol. The van der Waals surface area contributed by atoms with Gasteiger partial charge in [-0.2, -0.15) is 0 Å². The molecule has 2 saturated heterocycles. The van der Waals surface area contributed by atoms with Crippen molar-refractivity contribution in [1.82, 2.24) is 24.3 Å². The number of nitrogens with zero attached hydrogens (tertiary/aromatic N) is 7. The zero-order valence-electron chi connectivity index (χ0n) is 28.3. The minimum atomic E-state index is -0.499. The van der Waals surface area contributed by atoms with E-state index >= 15 is 0 Å². The molecule has 9 nitrogen and oxygen atoms in total. The molecule has 0 aliphatic carbocycles. The van der Waals surface area contributed by atoms with Gasteiger partial charge in [0, 0.05) is 42.2 Å². The summed E-state index contributed by atoms with van der Waals surface area (Å²) in [6, 6.07) is 12.5. The van der Waals surface area contributed by atoms with Gasteiger partial charge in [-0.3, -0.25) is 19.2 Å². The van der Waals surface area contributed by atoms with Crippen molar-refractivity contribution in [2.75, 3.05) is 56.8 Å². The van der Waals surface area contributed by atoms with E-state index in [2.05, 4.69) is 83.9 Å². The van der Waals surface area contributed by atoms with Crippen LogP contribution in [0.25, 0.3) is 0 Å². The third-order valence-corrected chi connectivity index (χ3v) is 11.1. The number of fused-ring (bicyclic) bond motifs is 1. The molecule has 0 bridgehead atoms. The zero-order chi connectivity index (χ0) is 32.3. The quantitative estimate of drug-likeness (QED) is 0.232. The molecule has 0 unspecified atom stereocenters. The first-order valence-electron chi connectivity index (χ1n) is 17.2. The molecule has 0 N–H and O–H groups in total. The average Bonchev–Trinajstić information content (AvgIpc) is 3.33. The second-order valence-corrected chi connectivity index (χ2v) is 14.5. The molecule has 3 aliphatic rings. The Labute approximate surface area is 278 Å². The largest absolute Gasteiger partial charge is 0.339 e. The van der Waals surface area contributed by atoms with Crippen molar-refractivity contribution in [3.05, 3.63) is 70.3 Å². The fourth-order valence-electron chi connectivity index (χ4n) is 7.95. The van der Waals surface area contributed by atoms with E-state index in [9.17, 15) is 4.79 Å². The Morgan fingerprint density at radius 2 is 1.54 bits per heavy atom. The molecule has 5 heterocycles. The van der Waals surface area contributed by atoms with Crippen molar-refractivity contribution in [1.29, 1.82) is 0 Å². The molecule has 46 heavy (non-hydrogen) atoms. The molecule has 3 aliphatic heterocycles. The van der Waals surface area contributed by atoms with Crippen LogP contribution in [0.5, 0.6) is 0 Å². The molecule has 0 saturated carbocycles. The summed E-state index contributed by atoms with van der Waals surface area (Å²) in [5, 5.41) is 2.89. The number of rotatable bonds is 11. The number of aromatic nitrogens is 3. The maximum Gasteiger partial charge on any atom is 0.280 e. The molecule has 3 aromatic rings. The summed E-state index contributed by atoms with van der Waals surface area (Å²) in [5.74, 6) is 1.34. The smallest absolute Gasteiger partial charge is 0.280 e. The fraction of sp³-hybridized carbons (Fsp3) is 0.583. The Hall–Kier alpha value is -2.92. The highest BCUT2D eigenvalue weighted by atomic mass is 32.2. The van der Waals surface area contributed by atoms with E-state index < -0.39 is 5.66 Å². The van der Waals surface area contributed by atoms with Crippen LogP contribution in [0.3, 0.4) is 0 Å². The van der Waals surface area contributed by atoms with Crippen LogP contribution in [-0.4, -0.2) is 76.8 Å². The molecule has 2 fully saturated rings. The van der Waals surface area contributed by atoms with Gasteiger partial charge in [0.05, 0.1) is 0 Å². The van der Waals surface area contributed by atoms with E-state index in [1.807, 2.05) is 16.7 Å². The van der Waals surface area contributed by atoms with Gasteiger partial charge in [-0.15, -0.1) is 0 Å². The maximum absolute atomic E-state index is 14.9. The van der Waals surface area contributed by atoms with Crippen LogP contribution in [0.4, 0.5) is 11.5 Å². The number of pyridine rings is 1. The summed E-state index contributed by atoms with van der Waals surface area (Å²) < 4.78 is 1.91. The third-order valence-electron chi connectivity index (χ3n) is 10.1. The van der Waals surface area contributed by atoms with Gasteiger partial charge in [0.15, 0.2) is 16.7 Å². The van der Waals surface area contributed by atoms with Crippen LogP contribution in [0, 0.1) is 18.8 Å². The van der Waals surface area contributed by atoms with Gasteiger partial charge in [-0.25, -0.2) is 10.0 Å². The molecular formula is C36H51N7O2S. The molecule has 2 aromatic heterocycles. The maximum atomic E-state index is 14.9. The summed E-state index contributed by atoms with van der Waals surface area (Å²) in [5.41, 5.74) is 2.60. The Bertz CT molecular complexity index is 1490. The van der Waals surface area contributed by atoms with Crippen LogP contribution >= 0.6 is 11.8 Å². The summed E-state index contributed by atoms with van der Waals surface area (Å²) in [4.78, 5) is 40.1. The number of anilines is 2. The number of hydroxylamine groups is 1. The lowest BCUT2D eigenvalue weighted by Gasteiger charge is -2.56. The summed E-state index contributed by atoms with van der Waals surface area (Å²) in [7, 11) is 4.45. The van der Waals surface area contributed by atoms with E-state index in [1.54, 1.807) is 12.4 Å². The summed E-state index contributed by atoms with van der Waals surface area (Å²) >= 11 is 1.54. The van der Waals surface area contributed by atoms with Gasteiger partial charge in [0.2, 0.25) is 0 Å². The monoisotopic (exact) mass is 645 g/mol. The molecule has 1 aromatic carbocycles. The van der Waals surface area contributed by atoms with Crippen LogP contribution in [0.15, 0.2) is 63.6 Å². The van der Waals surface area contributed by atoms with Gasteiger partial charge >= 0.3 is 0 Å². The standard InChI is InChI=1S/C36H51N7O2S/c1-6-19-41-34(44)32-33(38-35(41)46-31-11-17-37-18-12-31)43(45-26-28-10-8-9-27(3)25-28)36(42(32)20-7-2,29-13-21-39(4)22-14-29)30-15-23-40(5)24-16-30/h8-12,17-18,25,29-30H,6-7,13-16,19-24,26H2,1-5H3. The first kappa shape index (κ1) is 33.0. The van der Waals surface area contributed by atoms with Gasteiger partial charge in [0.1, 0.15) is 12.3 Å². The number of aryl methyl sites for hydroxylation is 1. The number of hydrogen-bond donors (Lipinski definition) is 0. The van der Waals surface area contributed by atoms with E-state index in [4.69, 9.17) is 9.82 Å². The lowest BCUT2D eigenvalue weighted by Crippen LogP contribution is -2.69. The predicted molar refractivity (Wildman–Crippen MR) is 186 cm³/mol. The Kier molecular flexibility index (Phi) is 10.4. The fourth-order valence-corrected chi connectivity index (χ4v) is 8.84. The van der Waals surface area contributed by atoms with Crippen LogP contribution < -0.4 is 15.5 Å². The van der Waals surface area contributed by atoms with E-state index in [0.717, 1.165) is 87.4 Å². The molecule has 6 rings (SSSR count). The molecule has 248 valence electrons. The first-order valence-corrected chi connectivity index (χ1v) is 18.0. The minimum Gasteiger partial charge on any atom is -0.339 e. The second-order valence-electron chi connectivity index (χ2n) is 13.5. The lowest BCUT2D eigenvalue weighted by molar-refractivity contribution is -0.0366. The van der Waals surface area contributed by atoms with Crippen molar-refractivity contribution in [2.45, 2.75) is 88.2 Å². The van der Waals surface area contributed by atoms with Crippen molar-refractivity contribution in [2.24, 2.45) is 11.8 Å². The van der Waals surface area contributed by atoms with E-state index in [-0.39, 0.29) is 5.56 Å². The highest BCUT2D eigenvalue weighted by Gasteiger charge is 2.61. The Balaban J connectivity index is 1.56. The Morgan fingerprint density at radius 1 is 0.913 bits per heavy atom. The van der Waals surface area contributed by atoms with Crippen LogP contribution in [0.1, 0.15) is 63.5 Å². The Morgan fingerprint density at radius 3 is 2.13 bits per heavy atom. The first-order chi connectivity index (χ1) is 22.4. The van der Waals surface area contributed by atoms with Crippen LogP contribution in [-0.2, 0) is 18.0 Å². The number of piperidine rings is 2. The van der Waals surface area contributed by atoms with Gasteiger partial charge in [-0.05, 0) is 103 Å². The highest BCUT2D eigenvalue weighted by molar-refractivity contribution is 7.99. The second kappa shape index (κ2) is 14.5. The summed E-state index contributed by atoms with van der Waals surface area (Å²) in [6.45, 7) is 12.5. The van der Waals surface area contributed by atoms with Gasteiger partial charge in [-0.1, -0.05) is 55.4 Å². The SMILES string of the molecule is CCCN1c2c(nc(Sc3ccncc3)n(CCC)c2=O)N(OCc2cccc(C)c2)C1(C1CCN(C)CC1)C1CCN(C)CC1. The molecular weight excluding hydrogens is 595 g/mol. The molecule has 0 amide bonds. The van der Waals surface area contributed by atoms with Crippen molar-refractivity contribution < 1.29 is 4.84 Å². The zero-order valence-corrected chi connectivity index (χ0v) is 29.1. The molecule has 0 atom stereocenters. The van der Waals surface area contributed by atoms with Crippen molar-refractivity contribution in [3.8, 4) is 0 Å². The third kappa shape index (κ3) is 6.33. The highest BCUT2D eigenvalue weighted by Crippen LogP contribution is 2.55. The lowest BCUT2D eigenvalue weighted by atomic mass is 9.71. The van der Waals surface area contributed by atoms with Crippen molar-refractivity contribution >= 4 is 23.3 Å². The predicted octanol–water partition coefficient (Wildman–Crippen LogP) is 6.06. The van der Waals surface area contributed by atoms with Crippen LogP contribution in [0.2, 0.25) is 0 Å². The molecule has 10 heteroatoms. The topological polar surface area (TPSA) is 70.0 Å². The van der Waals surface area contributed by atoms with Gasteiger partial charge in [0.25, 0.3) is 5.56 Å². The number of benzene rings is 1. The van der Waals surface area contributed by atoms with Crippen molar-refractivity contribution in [3.63, 3.8) is 0 Å². The number of likely N-dealkylation sites (tertiary alicyclic amines) is 2. The molecule has 0 radical (unpaired) electrons. The normalized spacial score (nSPS) is 19.6. The summed E-state index contributed by atoms with van der Waals surface area (Å²) in [6.07, 6.45) is 9.61. The van der Waals surface area contributed by atoms with E-state index in [1.165, 1.54) is 17.3 Å². The van der Waals surface area contributed by atoms with Gasteiger partial charge < -0.3 is 14.7 Å². The molecule has 0 spiro atoms. The van der Waals surface area contributed by atoms with E-state index in [0.29, 0.717) is 36.0 Å².